The lowest BCUT2D eigenvalue weighted by Gasteiger charge is -2.33. The average molecular weight is 338 g/mol. The van der Waals surface area contributed by atoms with Crippen LogP contribution in [0.25, 0.3) is 0 Å². The lowest BCUT2D eigenvalue weighted by molar-refractivity contribution is -0.139. The summed E-state index contributed by atoms with van der Waals surface area (Å²) >= 11 is 0. The Labute approximate surface area is 141 Å². The van der Waals surface area contributed by atoms with Crippen molar-refractivity contribution in [2.75, 3.05) is 32.8 Å². The maximum absolute atomic E-state index is 13.4. The van der Waals surface area contributed by atoms with Crippen molar-refractivity contribution in [2.45, 2.75) is 31.8 Å². The van der Waals surface area contributed by atoms with E-state index in [2.05, 4.69) is 5.32 Å². The van der Waals surface area contributed by atoms with Crippen LogP contribution >= 0.6 is 0 Å². The van der Waals surface area contributed by atoms with Crippen LogP contribution in [0.5, 0.6) is 0 Å². The van der Waals surface area contributed by atoms with E-state index in [0.29, 0.717) is 37.6 Å². The Morgan fingerprint density at radius 1 is 1.25 bits per heavy atom. The van der Waals surface area contributed by atoms with Crippen molar-refractivity contribution in [1.29, 1.82) is 0 Å². The zero-order valence-corrected chi connectivity index (χ0v) is 13.8. The van der Waals surface area contributed by atoms with Crippen LogP contribution in [0.2, 0.25) is 0 Å². The molecule has 0 saturated carbocycles. The lowest BCUT2D eigenvalue weighted by Crippen LogP contribution is -2.42. The van der Waals surface area contributed by atoms with Gasteiger partial charge in [0.15, 0.2) is 11.6 Å². The minimum atomic E-state index is -0.884. The van der Waals surface area contributed by atoms with Crippen LogP contribution in [0.4, 0.5) is 8.78 Å². The molecule has 4 nitrogen and oxygen atoms in total. The largest absolute Gasteiger partial charge is 0.370 e. The van der Waals surface area contributed by atoms with Gasteiger partial charge >= 0.3 is 0 Å². The number of hydrogen-bond acceptors (Lipinski definition) is 3. The Morgan fingerprint density at radius 3 is 2.79 bits per heavy atom. The van der Waals surface area contributed by atoms with Crippen LogP contribution < -0.4 is 5.32 Å². The lowest BCUT2D eigenvalue weighted by atomic mass is 9.93. The van der Waals surface area contributed by atoms with Crippen molar-refractivity contribution in [2.24, 2.45) is 5.92 Å². The van der Waals surface area contributed by atoms with Gasteiger partial charge in [-0.25, -0.2) is 8.78 Å². The molecule has 1 N–H and O–H groups in total. The van der Waals surface area contributed by atoms with E-state index in [1.807, 2.05) is 0 Å². The first-order chi connectivity index (χ1) is 11.6. The molecule has 2 fully saturated rings. The first kappa shape index (κ1) is 17.3. The number of morpholine rings is 1. The van der Waals surface area contributed by atoms with Gasteiger partial charge in [-0.2, -0.15) is 0 Å². The number of nitrogens with zero attached hydrogens (tertiary/aromatic N) is 1. The zero-order chi connectivity index (χ0) is 16.9. The SMILES string of the molecule is O=C(CCC1CCNCC1)N1CCOC(c2ccc(F)c(F)c2)C1. The van der Waals surface area contributed by atoms with E-state index in [9.17, 15) is 13.6 Å². The average Bonchev–Trinajstić information content (AvgIpc) is 2.63. The highest BCUT2D eigenvalue weighted by Crippen LogP contribution is 2.25. The van der Waals surface area contributed by atoms with Gasteiger partial charge in [-0.05, 0) is 56.0 Å². The molecule has 24 heavy (non-hydrogen) atoms. The fourth-order valence-electron chi connectivity index (χ4n) is 3.45. The molecule has 6 heteroatoms. The third-order valence-corrected chi connectivity index (χ3v) is 4.96. The molecule has 1 unspecified atom stereocenters. The van der Waals surface area contributed by atoms with Gasteiger partial charge in [-0.1, -0.05) is 6.07 Å². The van der Waals surface area contributed by atoms with Gasteiger partial charge in [0.25, 0.3) is 0 Å². The molecule has 2 heterocycles. The van der Waals surface area contributed by atoms with E-state index in [-0.39, 0.29) is 5.91 Å². The maximum Gasteiger partial charge on any atom is 0.222 e. The second kappa shape index (κ2) is 8.03. The Balaban J connectivity index is 1.54. The Hall–Kier alpha value is -1.53. The van der Waals surface area contributed by atoms with Crippen LogP contribution in [-0.4, -0.2) is 43.6 Å². The highest BCUT2D eigenvalue weighted by Gasteiger charge is 2.26. The second-order valence-electron chi connectivity index (χ2n) is 6.60. The number of nitrogens with one attached hydrogen (secondary N) is 1. The monoisotopic (exact) mass is 338 g/mol. The van der Waals surface area contributed by atoms with Crippen molar-refractivity contribution in [3.8, 4) is 0 Å². The predicted octanol–water partition coefficient (Wildman–Crippen LogP) is 2.64. The summed E-state index contributed by atoms with van der Waals surface area (Å²) in [5.41, 5.74) is 0.574. The van der Waals surface area contributed by atoms with Crippen molar-refractivity contribution in [3.05, 3.63) is 35.4 Å². The van der Waals surface area contributed by atoms with Gasteiger partial charge in [0.1, 0.15) is 6.10 Å². The van der Waals surface area contributed by atoms with E-state index >= 15 is 0 Å². The number of benzene rings is 1. The molecule has 0 aromatic heterocycles. The van der Waals surface area contributed by atoms with Crippen molar-refractivity contribution in [3.63, 3.8) is 0 Å². The van der Waals surface area contributed by atoms with Gasteiger partial charge in [-0.15, -0.1) is 0 Å². The van der Waals surface area contributed by atoms with Gasteiger partial charge in [0, 0.05) is 13.0 Å². The van der Waals surface area contributed by atoms with Gasteiger partial charge in [0.05, 0.1) is 13.2 Å². The van der Waals surface area contributed by atoms with E-state index in [1.54, 1.807) is 4.90 Å². The second-order valence-corrected chi connectivity index (χ2v) is 6.60. The van der Waals surface area contributed by atoms with E-state index < -0.39 is 17.7 Å². The number of hydrogen-bond donors (Lipinski definition) is 1. The Bertz CT molecular complexity index is 576. The van der Waals surface area contributed by atoms with Crippen LogP contribution in [0.15, 0.2) is 18.2 Å². The molecule has 132 valence electrons. The van der Waals surface area contributed by atoms with Gasteiger partial charge in [0.2, 0.25) is 5.91 Å². The number of carbonyl (C=O) groups excluding carboxylic acids is 1. The molecule has 2 aliphatic rings. The number of rotatable bonds is 4. The molecule has 0 radical (unpaired) electrons. The summed E-state index contributed by atoms with van der Waals surface area (Å²) in [5.74, 6) is -1.00. The normalized spacial score (nSPS) is 22.6. The first-order valence-corrected chi connectivity index (χ1v) is 8.68. The topological polar surface area (TPSA) is 41.6 Å². The summed E-state index contributed by atoms with van der Waals surface area (Å²) in [5, 5.41) is 3.33. The molecule has 1 amide bonds. The summed E-state index contributed by atoms with van der Waals surface area (Å²) in [6.07, 6.45) is 3.35. The molecule has 1 aromatic carbocycles. The summed E-state index contributed by atoms with van der Waals surface area (Å²) in [4.78, 5) is 14.2. The highest BCUT2D eigenvalue weighted by atomic mass is 19.2. The van der Waals surface area contributed by atoms with Crippen molar-refractivity contribution in [1.82, 2.24) is 10.2 Å². The number of amides is 1. The van der Waals surface area contributed by atoms with Gasteiger partial charge in [-0.3, -0.25) is 4.79 Å². The highest BCUT2D eigenvalue weighted by molar-refractivity contribution is 5.76. The molecule has 0 bridgehead atoms. The molecule has 0 spiro atoms. The van der Waals surface area contributed by atoms with Crippen molar-refractivity contribution >= 4 is 5.91 Å². The molecule has 3 rings (SSSR count). The standard InChI is InChI=1S/C18H24F2N2O2/c19-15-3-2-14(11-16(15)20)17-12-22(9-10-24-17)18(23)4-1-13-5-7-21-8-6-13/h2-3,11,13,17,21H,1,4-10,12H2. The van der Waals surface area contributed by atoms with E-state index in [0.717, 1.165) is 44.5 Å². The third kappa shape index (κ3) is 4.30. The van der Waals surface area contributed by atoms with Crippen LogP contribution in [0, 0.1) is 17.6 Å². The van der Waals surface area contributed by atoms with E-state index in [4.69, 9.17) is 4.74 Å². The zero-order valence-electron chi connectivity index (χ0n) is 13.8. The summed E-state index contributed by atoms with van der Waals surface area (Å²) in [6, 6.07) is 3.78. The Morgan fingerprint density at radius 2 is 2.04 bits per heavy atom. The summed E-state index contributed by atoms with van der Waals surface area (Å²) in [7, 11) is 0. The summed E-state index contributed by atoms with van der Waals surface area (Å²) in [6.45, 7) is 3.45. The van der Waals surface area contributed by atoms with Crippen LogP contribution in [0.1, 0.15) is 37.4 Å². The molecule has 2 saturated heterocycles. The molecular formula is C18H24F2N2O2. The summed E-state index contributed by atoms with van der Waals surface area (Å²) < 4.78 is 32.1. The number of carbonyl (C=O) groups is 1. The number of halogens is 2. The molecule has 2 aliphatic heterocycles. The number of ether oxygens (including phenoxy) is 1. The molecule has 1 aromatic rings. The fraction of sp³-hybridized carbons (Fsp3) is 0.611. The van der Waals surface area contributed by atoms with Crippen LogP contribution in [-0.2, 0) is 9.53 Å². The Kier molecular flexibility index (Phi) is 5.79. The quantitative estimate of drug-likeness (QED) is 0.918. The molecule has 0 aliphatic carbocycles. The maximum atomic E-state index is 13.4. The minimum Gasteiger partial charge on any atom is -0.370 e. The van der Waals surface area contributed by atoms with Gasteiger partial charge < -0.3 is 15.0 Å². The first-order valence-electron chi connectivity index (χ1n) is 8.68. The number of piperidine rings is 1. The fourth-order valence-corrected chi connectivity index (χ4v) is 3.45. The molecule has 1 atom stereocenters. The minimum absolute atomic E-state index is 0.129. The smallest absolute Gasteiger partial charge is 0.222 e. The predicted molar refractivity (Wildman–Crippen MR) is 86.5 cm³/mol. The third-order valence-electron chi connectivity index (χ3n) is 4.96. The van der Waals surface area contributed by atoms with Crippen LogP contribution in [0.3, 0.4) is 0 Å². The van der Waals surface area contributed by atoms with E-state index in [1.165, 1.54) is 6.07 Å². The van der Waals surface area contributed by atoms with Crippen molar-refractivity contribution < 1.29 is 18.3 Å². The molecular weight excluding hydrogens is 314 g/mol.